The molecule has 5 heteroatoms. The molecule has 3 amide bonds. The Morgan fingerprint density at radius 2 is 2.14 bits per heavy atom. The number of imide groups is 1. The van der Waals surface area contributed by atoms with Crippen LogP contribution in [0.25, 0.3) is 0 Å². The number of nitrogens with zero attached hydrogens (tertiary/aromatic N) is 2. The molecule has 1 aromatic carbocycles. The molecule has 0 radical (unpaired) electrons. The number of para-hydroxylation sites is 1. The van der Waals surface area contributed by atoms with Crippen LogP contribution in [0.5, 0.6) is 5.75 Å². The van der Waals surface area contributed by atoms with Crippen molar-refractivity contribution in [3.63, 3.8) is 0 Å². The number of carbonyl (C=O) groups excluding carboxylic acids is 2. The molecule has 21 heavy (non-hydrogen) atoms. The molecule has 1 saturated heterocycles. The highest BCUT2D eigenvalue weighted by atomic mass is 16.5. The highest BCUT2D eigenvalue weighted by molar-refractivity contribution is 6.02. The fourth-order valence-corrected chi connectivity index (χ4v) is 3.11. The largest absolute Gasteiger partial charge is 0.491 e. The van der Waals surface area contributed by atoms with E-state index >= 15 is 0 Å². The first-order chi connectivity index (χ1) is 10.1. The molecular weight excluding hydrogens is 268 g/mol. The normalized spacial score (nSPS) is 21.5. The van der Waals surface area contributed by atoms with Crippen LogP contribution >= 0.6 is 0 Å². The summed E-state index contributed by atoms with van der Waals surface area (Å²) in [6, 6.07) is 5.63. The van der Waals surface area contributed by atoms with Gasteiger partial charge in [-0.15, -0.1) is 0 Å². The molecule has 0 aliphatic carbocycles. The monoisotopic (exact) mass is 288 g/mol. The molecule has 1 unspecified atom stereocenters. The van der Waals surface area contributed by atoms with Crippen molar-refractivity contribution in [1.29, 1.82) is 0 Å². The van der Waals surface area contributed by atoms with Crippen molar-refractivity contribution >= 4 is 11.9 Å². The molecule has 1 atom stereocenters. The van der Waals surface area contributed by atoms with Crippen molar-refractivity contribution in [2.75, 3.05) is 19.7 Å². The van der Waals surface area contributed by atoms with E-state index in [9.17, 15) is 9.59 Å². The number of benzene rings is 1. The minimum Gasteiger partial charge on any atom is -0.491 e. The van der Waals surface area contributed by atoms with Gasteiger partial charge in [0.2, 0.25) is 0 Å². The molecule has 2 aliphatic heterocycles. The molecule has 0 spiro atoms. The van der Waals surface area contributed by atoms with E-state index in [0.717, 1.165) is 23.3 Å². The maximum atomic E-state index is 12.4. The fourth-order valence-electron chi connectivity index (χ4n) is 3.11. The predicted molar refractivity (Wildman–Crippen MR) is 78.3 cm³/mol. The van der Waals surface area contributed by atoms with Gasteiger partial charge in [-0.25, -0.2) is 4.79 Å². The minimum atomic E-state index is -0.193. The van der Waals surface area contributed by atoms with Crippen molar-refractivity contribution in [2.45, 2.75) is 32.7 Å². The van der Waals surface area contributed by atoms with Crippen LogP contribution in [0, 0.1) is 6.92 Å². The van der Waals surface area contributed by atoms with Gasteiger partial charge < -0.3 is 9.64 Å². The summed E-state index contributed by atoms with van der Waals surface area (Å²) in [5.74, 6) is 0.788. The zero-order valence-electron chi connectivity index (χ0n) is 12.5. The maximum absolute atomic E-state index is 12.4. The van der Waals surface area contributed by atoms with Gasteiger partial charge in [-0.2, -0.15) is 0 Å². The molecule has 112 valence electrons. The lowest BCUT2D eigenvalue weighted by Crippen LogP contribution is -2.47. The quantitative estimate of drug-likeness (QED) is 0.799. The van der Waals surface area contributed by atoms with Crippen LogP contribution in [0.2, 0.25) is 0 Å². The average molecular weight is 288 g/mol. The first-order valence-corrected chi connectivity index (χ1v) is 7.44. The Balaban J connectivity index is 1.80. The van der Waals surface area contributed by atoms with E-state index < -0.39 is 0 Å². The molecule has 0 aromatic heterocycles. The summed E-state index contributed by atoms with van der Waals surface area (Å²) in [5.41, 5.74) is 2.17. The second-order valence-corrected chi connectivity index (χ2v) is 5.70. The van der Waals surface area contributed by atoms with Crippen molar-refractivity contribution in [2.24, 2.45) is 0 Å². The van der Waals surface area contributed by atoms with E-state index in [0.29, 0.717) is 19.6 Å². The lowest BCUT2D eigenvalue weighted by Gasteiger charge is -2.31. The number of amides is 3. The van der Waals surface area contributed by atoms with Crippen LogP contribution in [0.1, 0.15) is 24.5 Å². The summed E-state index contributed by atoms with van der Waals surface area (Å²) in [5, 5.41) is 0. The van der Waals surface area contributed by atoms with Crippen LogP contribution < -0.4 is 4.74 Å². The molecule has 0 bridgehead atoms. The highest BCUT2D eigenvalue weighted by Gasteiger charge is 2.41. The Kier molecular flexibility index (Phi) is 3.57. The zero-order chi connectivity index (χ0) is 15.0. The van der Waals surface area contributed by atoms with Gasteiger partial charge in [0.25, 0.3) is 5.91 Å². The summed E-state index contributed by atoms with van der Waals surface area (Å²) in [7, 11) is 0. The first kappa shape index (κ1) is 13.9. The Bertz CT molecular complexity index is 585. The zero-order valence-corrected chi connectivity index (χ0v) is 12.5. The van der Waals surface area contributed by atoms with Gasteiger partial charge >= 0.3 is 6.03 Å². The van der Waals surface area contributed by atoms with Crippen LogP contribution in [-0.2, 0) is 11.2 Å². The standard InChI is InChI=1S/C16H20N2O3/c1-3-7-17-9-14(19)18(16(17)20)13-8-12-6-4-5-11(2)15(12)21-10-13/h4-6,13H,3,7-10H2,1-2H3. The van der Waals surface area contributed by atoms with Gasteiger partial charge in [0, 0.05) is 13.0 Å². The van der Waals surface area contributed by atoms with Crippen molar-refractivity contribution < 1.29 is 14.3 Å². The lowest BCUT2D eigenvalue weighted by atomic mass is 9.99. The van der Waals surface area contributed by atoms with Gasteiger partial charge in [-0.05, 0) is 24.5 Å². The summed E-state index contributed by atoms with van der Waals surface area (Å²) in [4.78, 5) is 27.5. The van der Waals surface area contributed by atoms with Gasteiger partial charge in [-0.1, -0.05) is 25.1 Å². The lowest BCUT2D eigenvalue weighted by molar-refractivity contribution is -0.127. The number of fused-ring (bicyclic) bond motifs is 1. The van der Waals surface area contributed by atoms with Gasteiger partial charge in [0.05, 0.1) is 6.04 Å². The molecule has 1 fully saturated rings. The minimum absolute atomic E-state index is 0.113. The number of rotatable bonds is 3. The molecule has 3 rings (SSSR count). The molecule has 2 heterocycles. The van der Waals surface area contributed by atoms with Crippen molar-refractivity contribution in [3.05, 3.63) is 29.3 Å². The van der Waals surface area contributed by atoms with Gasteiger partial charge in [-0.3, -0.25) is 9.69 Å². The Morgan fingerprint density at radius 3 is 2.90 bits per heavy atom. The third kappa shape index (κ3) is 2.37. The topological polar surface area (TPSA) is 49.9 Å². The van der Waals surface area contributed by atoms with Crippen LogP contribution in [0.3, 0.4) is 0 Å². The predicted octanol–water partition coefficient (Wildman–Crippen LogP) is 1.97. The highest BCUT2D eigenvalue weighted by Crippen LogP contribution is 2.31. The number of carbonyl (C=O) groups is 2. The van der Waals surface area contributed by atoms with E-state index in [1.165, 1.54) is 4.90 Å². The first-order valence-electron chi connectivity index (χ1n) is 7.44. The molecule has 0 N–H and O–H groups in total. The average Bonchev–Trinajstić information content (AvgIpc) is 2.74. The number of hydrogen-bond acceptors (Lipinski definition) is 3. The summed E-state index contributed by atoms with van der Waals surface area (Å²) in [6.07, 6.45) is 1.53. The number of hydrogen-bond donors (Lipinski definition) is 0. The summed E-state index contributed by atoms with van der Waals surface area (Å²) < 4.78 is 5.81. The van der Waals surface area contributed by atoms with E-state index in [2.05, 4.69) is 0 Å². The smallest absolute Gasteiger partial charge is 0.327 e. The van der Waals surface area contributed by atoms with Gasteiger partial charge in [0.15, 0.2) is 0 Å². The molecule has 0 saturated carbocycles. The van der Waals surface area contributed by atoms with Crippen LogP contribution in [-0.4, -0.2) is 47.5 Å². The third-order valence-electron chi connectivity index (χ3n) is 4.10. The SMILES string of the molecule is CCCN1CC(=O)N(C2COc3c(C)cccc3C2)C1=O. The van der Waals surface area contributed by atoms with Crippen molar-refractivity contribution in [1.82, 2.24) is 9.80 Å². The van der Waals surface area contributed by atoms with E-state index in [4.69, 9.17) is 4.74 Å². The Hall–Kier alpha value is -2.04. The number of urea groups is 1. The second kappa shape index (κ2) is 5.39. The summed E-state index contributed by atoms with van der Waals surface area (Å²) in [6.45, 7) is 5.22. The van der Waals surface area contributed by atoms with E-state index in [1.54, 1.807) is 4.90 Å². The second-order valence-electron chi connectivity index (χ2n) is 5.70. The van der Waals surface area contributed by atoms with E-state index in [1.807, 2.05) is 32.0 Å². The number of ether oxygens (including phenoxy) is 1. The molecule has 2 aliphatic rings. The molecular formula is C16H20N2O3. The number of aryl methyl sites for hydroxylation is 1. The maximum Gasteiger partial charge on any atom is 0.327 e. The summed E-state index contributed by atoms with van der Waals surface area (Å²) >= 11 is 0. The fraction of sp³-hybridized carbons (Fsp3) is 0.500. The van der Waals surface area contributed by atoms with Crippen LogP contribution in [0.4, 0.5) is 4.79 Å². The molecule has 1 aromatic rings. The van der Waals surface area contributed by atoms with Crippen LogP contribution in [0.15, 0.2) is 18.2 Å². The Morgan fingerprint density at radius 1 is 1.33 bits per heavy atom. The molecule has 5 nitrogen and oxygen atoms in total. The Labute approximate surface area is 124 Å². The van der Waals surface area contributed by atoms with Gasteiger partial charge in [0.1, 0.15) is 18.9 Å². The van der Waals surface area contributed by atoms with Crippen molar-refractivity contribution in [3.8, 4) is 5.75 Å². The third-order valence-corrected chi connectivity index (χ3v) is 4.10. The van der Waals surface area contributed by atoms with E-state index in [-0.39, 0.29) is 24.5 Å².